The molecule has 6 rings (SSSR count). The number of anilines is 2. The maximum absolute atomic E-state index is 15.4. The molecule has 0 bridgehead atoms. The molecule has 4 N–H and O–H groups in total. The summed E-state index contributed by atoms with van der Waals surface area (Å²) in [6, 6.07) is 7.86. The number of rotatable bonds is 6. The number of hydrogen-bond donors (Lipinski definition) is 3. The Hall–Kier alpha value is -3.96. The number of amides is 1. The zero-order chi connectivity index (χ0) is 29.4. The van der Waals surface area contributed by atoms with Crippen molar-refractivity contribution in [2.75, 3.05) is 18.5 Å². The van der Waals surface area contributed by atoms with Gasteiger partial charge in [-0.1, -0.05) is 6.92 Å². The van der Waals surface area contributed by atoms with E-state index >= 15 is 8.78 Å². The van der Waals surface area contributed by atoms with Gasteiger partial charge in [0.2, 0.25) is 11.9 Å². The molecular formula is C31H35F2N7O2. The van der Waals surface area contributed by atoms with Gasteiger partial charge in [-0.2, -0.15) is 9.61 Å². The van der Waals surface area contributed by atoms with Gasteiger partial charge in [0.25, 0.3) is 0 Å². The predicted octanol–water partition coefficient (Wildman–Crippen LogP) is 5.05. The lowest BCUT2D eigenvalue weighted by Crippen LogP contribution is -2.54. The van der Waals surface area contributed by atoms with E-state index in [0.29, 0.717) is 36.7 Å². The molecule has 1 saturated heterocycles. The van der Waals surface area contributed by atoms with Gasteiger partial charge < -0.3 is 21.1 Å². The molecule has 4 atom stereocenters. The second kappa shape index (κ2) is 11.7. The Bertz CT molecular complexity index is 1570. The molecule has 1 amide bonds. The number of hydrogen-bond acceptors (Lipinski definition) is 7. The number of benzene rings is 1. The number of halogens is 2. The van der Waals surface area contributed by atoms with Gasteiger partial charge >= 0.3 is 0 Å². The average molecular weight is 576 g/mol. The topological polar surface area (TPSA) is 119 Å². The molecule has 0 unspecified atom stereocenters. The average Bonchev–Trinajstić information content (AvgIpc) is 3.37. The van der Waals surface area contributed by atoms with E-state index in [1.54, 1.807) is 35.2 Å². The second-order valence-electron chi connectivity index (χ2n) is 11.5. The summed E-state index contributed by atoms with van der Waals surface area (Å²) in [5, 5.41) is 10.9. The van der Waals surface area contributed by atoms with Gasteiger partial charge in [0.1, 0.15) is 11.6 Å². The van der Waals surface area contributed by atoms with Crippen LogP contribution in [0.4, 0.5) is 20.4 Å². The smallest absolute Gasteiger partial charge is 0.229 e. The van der Waals surface area contributed by atoms with Crippen molar-refractivity contribution in [3.8, 4) is 11.3 Å². The number of aromatic nitrogens is 4. The van der Waals surface area contributed by atoms with Crippen molar-refractivity contribution in [3.63, 3.8) is 0 Å². The number of fused-ring (bicyclic) bond motifs is 1. The van der Waals surface area contributed by atoms with Crippen molar-refractivity contribution in [3.05, 3.63) is 71.7 Å². The molecule has 2 aliphatic rings. The third-order valence-electron chi connectivity index (χ3n) is 8.60. The highest BCUT2D eigenvalue weighted by molar-refractivity contribution is 5.73. The van der Waals surface area contributed by atoms with Crippen molar-refractivity contribution in [1.29, 1.82) is 0 Å². The highest BCUT2D eigenvalue weighted by Gasteiger charge is 2.35. The quantitative estimate of drug-likeness (QED) is 0.294. The number of carbonyl (C=O) groups is 1. The first kappa shape index (κ1) is 28.2. The number of carbonyl (C=O) groups excluding carboxylic acids is 1. The van der Waals surface area contributed by atoms with E-state index in [0.717, 1.165) is 30.5 Å². The lowest BCUT2D eigenvalue weighted by atomic mass is 9.73. The molecular weight excluding hydrogens is 540 g/mol. The first-order valence-electron chi connectivity index (χ1n) is 14.4. The highest BCUT2D eigenvalue weighted by Crippen LogP contribution is 2.39. The molecule has 0 radical (unpaired) electrons. The SMILES string of the molecule is CC(=O)N[C@@H]1[C@H](N)C[C@H](c2ccncc2Nc2ncc3ccc(-c4c(F)cc(C5CCOCC5)cc4F)nn23)C[C@@H]1C. The molecule has 42 heavy (non-hydrogen) atoms. The van der Waals surface area contributed by atoms with E-state index in [1.807, 2.05) is 6.07 Å². The van der Waals surface area contributed by atoms with E-state index in [1.165, 1.54) is 19.1 Å². The Morgan fingerprint density at radius 3 is 2.55 bits per heavy atom. The third-order valence-corrected chi connectivity index (χ3v) is 8.60. The summed E-state index contributed by atoms with van der Waals surface area (Å²) in [5.74, 6) is -0.588. The normalized spacial score (nSPS) is 23.2. The van der Waals surface area contributed by atoms with Gasteiger partial charge in [0.15, 0.2) is 0 Å². The first-order valence-corrected chi connectivity index (χ1v) is 14.4. The van der Waals surface area contributed by atoms with Crippen molar-refractivity contribution in [2.45, 2.75) is 63.5 Å². The van der Waals surface area contributed by atoms with E-state index in [9.17, 15) is 4.79 Å². The van der Waals surface area contributed by atoms with Crippen LogP contribution >= 0.6 is 0 Å². The first-order chi connectivity index (χ1) is 20.3. The van der Waals surface area contributed by atoms with E-state index in [-0.39, 0.29) is 47.0 Å². The van der Waals surface area contributed by atoms with E-state index in [2.05, 4.69) is 32.6 Å². The molecule has 9 nitrogen and oxygen atoms in total. The van der Waals surface area contributed by atoms with E-state index in [4.69, 9.17) is 10.5 Å². The summed E-state index contributed by atoms with van der Waals surface area (Å²) in [4.78, 5) is 20.5. The Labute approximate surface area is 242 Å². The van der Waals surface area contributed by atoms with Gasteiger partial charge in [0.05, 0.1) is 34.9 Å². The summed E-state index contributed by atoms with van der Waals surface area (Å²) >= 11 is 0. The third kappa shape index (κ3) is 5.58. The summed E-state index contributed by atoms with van der Waals surface area (Å²) < 4.78 is 37.6. The summed E-state index contributed by atoms with van der Waals surface area (Å²) in [7, 11) is 0. The number of pyridine rings is 1. The molecule has 4 heterocycles. The van der Waals surface area contributed by atoms with Gasteiger partial charge in [-0.3, -0.25) is 9.78 Å². The zero-order valence-electron chi connectivity index (χ0n) is 23.7. The molecule has 11 heteroatoms. The largest absolute Gasteiger partial charge is 0.381 e. The number of imidazole rings is 1. The molecule has 1 aliphatic carbocycles. The molecule has 1 saturated carbocycles. The van der Waals surface area contributed by atoms with Gasteiger partial charge in [-0.25, -0.2) is 13.8 Å². The lowest BCUT2D eigenvalue weighted by Gasteiger charge is -2.39. The Kier molecular flexibility index (Phi) is 7.87. The maximum atomic E-state index is 15.4. The van der Waals surface area contributed by atoms with Crippen LogP contribution in [0.5, 0.6) is 0 Å². The second-order valence-corrected chi connectivity index (χ2v) is 11.5. The van der Waals surface area contributed by atoms with Crippen molar-refractivity contribution < 1.29 is 18.3 Å². The van der Waals surface area contributed by atoms with Crippen LogP contribution in [0.2, 0.25) is 0 Å². The number of nitrogens with two attached hydrogens (primary N) is 1. The molecule has 0 spiro atoms. The van der Waals surface area contributed by atoms with Crippen LogP contribution in [-0.2, 0) is 9.53 Å². The Balaban J connectivity index is 1.28. The van der Waals surface area contributed by atoms with Crippen molar-refractivity contribution in [2.24, 2.45) is 11.7 Å². The molecule has 220 valence electrons. The summed E-state index contributed by atoms with van der Waals surface area (Å²) in [5.41, 5.74) is 9.59. The van der Waals surface area contributed by atoms with Gasteiger partial charge in [0, 0.05) is 38.4 Å². The molecule has 4 aromatic rings. The number of nitrogens with one attached hydrogen (secondary N) is 2. The molecule has 3 aromatic heterocycles. The van der Waals surface area contributed by atoms with Crippen molar-refractivity contribution >= 4 is 23.1 Å². The number of nitrogens with zero attached hydrogens (tertiary/aromatic N) is 4. The van der Waals surface area contributed by atoms with Crippen LogP contribution in [0, 0.1) is 17.6 Å². The van der Waals surface area contributed by atoms with Crippen LogP contribution in [0.25, 0.3) is 16.8 Å². The summed E-state index contributed by atoms with van der Waals surface area (Å²) in [6.07, 6.45) is 8.13. The molecule has 1 aromatic carbocycles. The lowest BCUT2D eigenvalue weighted by molar-refractivity contribution is -0.120. The monoisotopic (exact) mass is 575 g/mol. The fourth-order valence-electron chi connectivity index (χ4n) is 6.52. The van der Waals surface area contributed by atoms with Gasteiger partial charge in [-0.05, 0) is 84.9 Å². The highest BCUT2D eigenvalue weighted by atomic mass is 19.1. The Morgan fingerprint density at radius 1 is 1.07 bits per heavy atom. The minimum atomic E-state index is -0.646. The zero-order valence-corrected chi connectivity index (χ0v) is 23.7. The van der Waals surface area contributed by atoms with Crippen LogP contribution < -0.4 is 16.4 Å². The van der Waals surface area contributed by atoms with Crippen LogP contribution in [-0.4, -0.2) is 50.8 Å². The minimum absolute atomic E-state index is 0.0726. The number of ether oxygens (including phenoxy) is 1. The minimum Gasteiger partial charge on any atom is -0.381 e. The maximum Gasteiger partial charge on any atom is 0.229 e. The fraction of sp³-hybridized carbons (Fsp3) is 0.419. The fourth-order valence-corrected chi connectivity index (χ4v) is 6.52. The summed E-state index contributed by atoms with van der Waals surface area (Å²) in [6.45, 7) is 4.79. The van der Waals surface area contributed by atoms with Gasteiger partial charge in [-0.15, -0.1) is 0 Å². The molecule has 2 fully saturated rings. The Morgan fingerprint density at radius 2 is 1.83 bits per heavy atom. The predicted molar refractivity (Wildman–Crippen MR) is 155 cm³/mol. The van der Waals surface area contributed by atoms with Crippen LogP contribution in [0.3, 0.4) is 0 Å². The standard InChI is InChI=1S/C31H35F2N7O2/c1-17-11-21(14-26(34)30(17)37-18(2)41)23-5-8-35-16-28(23)38-31-36-15-22-3-4-27(39-40(22)31)29-24(32)12-20(13-25(29)33)19-6-9-42-10-7-19/h3-5,8,12-13,15-17,19,21,26,30H,6-7,9-11,14,34H2,1-2H3,(H,36,38)(H,37,41)/t17-,21+,26+,30-/m0/s1. The molecule has 1 aliphatic heterocycles. The van der Waals surface area contributed by atoms with Crippen LogP contribution in [0.1, 0.15) is 62.5 Å². The van der Waals surface area contributed by atoms with Crippen molar-refractivity contribution in [1.82, 2.24) is 24.9 Å². The van der Waals surface area contributed by atoms with Crippen LogP contribution in [0.15, 0.2) is 48.9 Å². The van der Waals surface area contributed by atoms with E-state index < -0.39 is 11.6 Å².